The van der Waals surface area contributed by atoms with Crippen molar-refractivity contribution in [3.8, 4) is 11.5 Å². The summed E-state index contributed by atoms with van der Waals surface area (Å²) in [5, 5.41) is 12.6. The molecule has 136 valence electrons. The number of hydrogen-bond donors (Lipinski definition) is 2. The fourth-order valence-electron chi connectivity index (χ4n) is 2.78. The molecule has 1 aromatic rings. The van der Waals surface area contributed by atoms with Crippen LogP contribution in [0.3, 0.4) is 0 Å². The lowest BCUT2D eigenvalue weighted by Gasteiger charge is -2.23. The molecule has 0 aliphatic carbocycles. The van der Waals surface area contributed by atoms with E-state index in [1.165, 1.54) is 4.90 Å². The summed E-state index contributed by atoms with van der Waals surface area (Å²) in [6.45, 7) is 4.35. The number of fused-ring (bicyclic) bond motifs is 1. The maximum absolute atomic E-state index is 12.6. The van der Waals surface area contributed by atoms with Gasteiger partial charge < -0.3 is 24.6 Å². The topological polar surface area (TPSA) is 97.3 Å². The number of carbonyl (C=O) groups is 2. The molecule has 0 bridgehead atoms. The van der Waals surface area contributed by atoms with Crippen molar-refractivity contribution in [1.29, 1.82) is 0 Å². The van der Waals surface area contributed by atoms with Gasteiger partial charge in [-0.3, -0.25) is 9.69 Å². The van der Waals surface area contributed by atoms with Crippen molar-refractivity contribution in [2.75, 3.05) is 25.3 Å². The fraction of sp³-hybridized carbons (Fsp3) is 0.529. The highest BCUT2D eigenvalue weighted by Gasteiger charge is 2.40. The quantitative estimate of drug-likeness (QED) is 0.856. The summed E-state index contributed by atoms with van der Waals surface area (Å²) < 4.78 is 15.7. The maximum atomic E-state index is 12.6. The smallest absolute Gasteiger partial charge is 0.410 e. The highest BCUT2D eigenvalue weighted by Crippen LogP contribution is 2.34. The Kier molecular flexibility index (Phi) is 4.98. The molecule has 3 rings (SSSR count). The Morgan fingerprint density at radius 1 is 1.36 bits per heavy atom. The molecule has 2 aliphatic rings. The highest BCUT2D eigenvalue weighted by molar-refractivity contribution is 5.97. The zero-order valence-corrected chi connectivity index (χ0v) is 14.2. The summed E-state index contributed by atoms with van der Waals surface area (Å²) in [7, 11) is 0. The Hall–Kier alpha value is -2.48. The predicted molar refractivity (Wildman–Crippen MR) is 88.5 cm³/mol. The SMILES string of the molecule is CC(C)COC(=O)N1C[C@@H](O)C[C@H]1C(=O)Nc1ccc2c(c1)OCO2. The number of nitrogens with one attached hydrogen (secondary N) is 1. The molecule has 0 aromatic heterocycles. The Bertz CT molecular complexity index is 663. The van der Waals surface area contributed by atoms with Crippen LogP contribution in [0.5, 0.6) is 11.5 Å². The van der Waals surface area contributed by atoms with Crippen LogP contribution in [0.25, 0.3) is 0 Å². The van der Waals surface area contributed by atoms with Crippen molar-refractivity contribution in [2.45, 2.75) is 32.4 Å². The number of carbonyl (C=O) groups excluding carboxylic acids is 2. The van der Waals surface area contributed by atoms with E-state index in [0.29, 0.717) is 17.2 Å². The average Bonchev–Trinajstić information content (AvgIpc) is 3.18. The maximum Gasteiger partial charge on any atom is 0.410 e. The van der Waals surface area contributed by atoms with Gasteiger partial charge in [0.05, 0.1) is 19.3 Å². The van der Waals surface area contributed by atoms with Gasteiger partial charge in [0.1, 0.15) is 6.04 Å². The zero-order valence-electron chi connectivity index (χ0n) is 14.2. The first-order valence-electron chi connectivity index (χ1n) is 8.26. The van der Waals surface area contributed by atoms with E-state index in [1.807, 2.05) is 13.8 Å². The molecule has 8 nitrogen and oxygen atoms in total. The number of β-amino-alcohol motifs (C(OH)–C–C–N with tert-alkyl or cyclic N) is 1. The zero-order chi connectivity index (χ0) is 18.0. The number of ether oxygens (including phenoxy) is 3. The second-order valence-corrected chi connectivity index (χ2v) is 6.59. The first kappa shape index (κ1) is 17.3. The molecule has 2 amide bonds. The Morgan fingerprint density at radius 3 is 2.88 bits per heavy atom. The monoisotopic (exact) mass is 350 g/mol. The van der Waals surface area contributed by atoms with E-state index in [9.17, 15) is 14.7 Å². The summed E-state index contributed by atoms with van der Waals surface area (Å²) in [5.41, 5.74) is 0.533. The molecule has 0 saturated carbocycles. The Balaban J connectivity index is 1.66. The van der Waals surface area contributed by atoms with Crippen LogP contribution in [0.15, 0.2) is 18.2 Å². The van der Waals surface area contributed by atoms with Gasteiger partial charge in [-0.05, 0) is 18.1 Å². The third-order valence-corrected chi connectivity index (χ3v) is 4.00. The van der Waals surface area contributed by atoms with E-state index in [0.717, 1.165) is 0 Å². The molecule has 0 spiro atoms. The van der Waals surface area contributed by atoms with Crippen LogP contribution in [-0.2, 0) is 9.53 Å². The standard InChI is InChI=1S/C17H22N2O6/c1-10(2)8-23-17(22)19-7-12(20)6-13(19)16(21)18-11-3-4-14-15(5-11)25-9-24-14/h3-5,10,12-13,20H,6-9H2,1-2H3,(H,18,21)/t12-,13-/m0/s1. The first-order valence-corrected chi connectivity index (χ1v) is 8.26. The van der Waals surface area contributed by atoms with E-state index in [4.69, 9.17) is 14.2 Å². The van der Waals surface area contributed by atoms with E-state index in [-0.39, 0.29) is 38.2 Å². The number of hydrogen-bond acceptors (Lipinski definition) is 6. The van der Waals surface area contributed by atoms with Crippen molar-refractivity contribution >= 4 is 17.7 Å². The molecule has 1 aromatic carbocycles. The molecule has 1 fully saturated rings. The number of aliphatic hydroxyl groups is 1. The normalized spacial score (nSPS) is 21.5. The van der Waals surface area contributed by atoms with Crippen molar-refractivity contribution < 1.29 is 28.9 Å². The minimum atomic E-state index is -0.778. The van der Waals surface area contributed by atoms with Gasteiger partial charge >= 0.3 is 6.09 Å². The number of rotatable bonds is 4. The molecule has 0 radical (unpaired) electrons. The molecule has 1 saturated heterocycles. The molecule has 8 heteroatoms. The lowest BCUT2D eigenvalue weighted by molar-refractivity contribution is -0.120. The number of amides is 2. The fourth-order valence-corrected chi connectivity index (χ4v) is 2.78. The van der Waals surface area contributed by atoms with Gasteiger partial charge in [0.25, 0.3) is 0 Å². The molecular formula is C17H22N2O6. The summed E-state index contributed by atoms with van der Waals surface area (Å²) in [6.07, 6.45) is -1.16. The number of nitrogens with zero attached hydrogens (tertiary/aromatic N) is 1. The summed E-state index contributed by atoms with van der Waals surface area (Å²) in [4.78, 5) is 26.0. The van der Waals surface area contributed by atoms with Gasteiger partial charge in [-0.2, -0.15) is 0 Å². The average molecular weight is 350 g/mol. The minimum Gasteiger partial charge on any atom is -0.454 e. The molecule has 25 heavy (non-hydrogen) atoms. The lowest BCUT2D eigenvalue weighted by atomic mass is 10.2. The highest BCUT2D eigenvalue weighted by atomic mass is 16.7. The van der Waals surface area contributed by atoms with Crippen LogP contribution in [0.1, 0.15) is 20.3 Å². The van der Waals surface area contributed by atoms with Crippen LogP contribution in [0, 0.1) is 5.92 Å². The van der Waals surface area contributed by atoms with Crippen molar-refractivity contribution in [3.63, 3.8) is 0 Å². The predicted octanol–water partition coefficient (Wildman–Crippen LogP) is 1.58. The number of aliphatic hydroxyl groups excluding tert-OH is 1. The van der Waals surface area contributed by atoms with E-state index in [2.05, 4.69) is 5.32 Å². The first-order chi connectivity index (χ1) is 11.9. The third-order valence-electron chi connectivity index (χ3n) is 4.00. The van der Waals surface area contributed by atoms with E-state index in [1.54, 1.807) is 18.2 Å². The van der Waals surface area contributed by atoms with Crippen molar-refractivity contribution in [1.82, 2.24) is 4.90 Å². The van der Waals surface area contributed by atoms with Gasteiger partial charge in [-0.1, -0.05) is 13.8 Å². The molecule has 2 aliphatic heterocycles. The van der Waals surface area contributed by atoms with Crippen LogP contribution < -0.4 is 14.8 Å². The lowest BCUT2D eigenvalue weighted by Crippen LogP contribution is -2.43. The summed E-state index contributed by atoms with van der Waals surface area (Å²) in [5.74, 6) is 0.986. The van der Waals surface area contributed by atoms with E-state index < -0.39 is 18.2 Å². The van der Waals surface area contributed by atoms with Crippen LogP contribution in [-0.4, -0.2) is 54.1 Å². The van der Waals surface area contributed by atoms with Gasteiger partial charge in [0, 0.05) is 18.2 Å². The molecule has 2 atom stereocenters. The van der Waals surface area contributed by atoms with E-state index >= 15 is 0 Å². The third kappa shape index (κ3) is 3.96. The van der Waals surface area contributed by atoms with Crippen LogP contribution >= 0.6 is 0 Å². The molecule has 2 heterocycles. The number of benzene rings is 1. The van der Waals surface area contributed by atoms with Gasteiger partial charge in [-0.15, -0.1) is 0 Å². The second-order valence-electron chi connectivity index (χ2n) is 6.59. The summed E-state index contributed by atoms with van der Waals surface area (Å²) >= 11 is 0. The van der Waals surface area contributed by atoms with Gasteiger partial charge in [-0.25, -0.2) is 4.79 Å². The summed E-state index contributed by atoms with van der Waals surface area (Å²) in [6, 6.07) is 4.28. The number of likely N-dealkylation sites (tertiary alicyclic amines) is 1. The largest absolute Gasteiger partial charge is 0.454 e. The Labute approximate surface area is 145 Å². The molecule has 2 N–H and O–H groups in total. The molecule has 0 unspecified atom stereocenters. The Morgan fingerprint density at radius 2 is 2.12 bits per heavy atom. The van der Waals surface area contributed by atoms with Crippen molar-refractivity contribution in [2.24, 2.45) is 5.92 Å². The minimum absolute atomic E-state index is 0.0795. The molecular weight excluding hydrogens is 328 g/mol. The van der Waals surface area contributed by atoms with Gasteiger partial charge in [0.15, 0.2) is 11.5 Å². The van der Waals surface area contributed by atoms with Crippen LogP contribution in [0.2, 0.25) is 0 Å². The second kappa shape index (κ2) is 7.18. The van der Waals surface area contributed by atoms with Crippen molar-refractivity contribution in [3.05, 3.63) is 18.2 Å². The van der Waals surface area contributed by atoms with Crippen LogP contribution in [0.4, 0.5) is 10.5 Å². The van der Waals surface area contributed by atoms with Gasteiger partial charge in [0.2, 0.25) is 12.7 Å². The number of anilines is 1.